The molecule has 4 nitrogen and oxygen atoms in total. The van der Waals surface area contributed by atoms with Crippen molar-refractivity contribution >= 4 is 29.8 Å². The molecule has 1 rings (SSSR count). The van der Waals surface area contributed by atoms with Gasteiger partial charge in [0.05, 0.1) is 6.04 Å². The highest BCUT2D eigenvalue weighted by molar-refractivity contribution is 7.98. The minimum atomic E-state index is -0.602. The Labute approximate surface area is 137 Å². The third-order valence-corrected chi connectivity index (χ3v) is 3.83. The Hall–Kier alpha value is -1.49. The van der Waals surface area contributed by atoms with E-state index in [-0.39, 0.29) is 0 Å². The second-order valence-corrected chi connectivity index (χ2v) is 7.30. The number of ether oxygens (including phenoxy) is 1. The van der Waals surface area contributed by atoms with E-state index in [1.807, 2.05) is 36.0 Å². The Balaban J connectivity index is 2.97. The number of rotatable bonds is 6. The first-order chi connectivity index (χ1) is 10.3. The van der Waals surface area contributed by atoms with E-state index < -0.39 is 17.7 Å². The molecule has 0 saturated heterocycles. The van der Waals surface area contributed by atoms with Crippen molar-refractivity contribution in [3.63, 3.8) is 0 Å². The molecule has 0 saturated carbocycles. The molecular weight excluding hydrogens is 298 g/mol. The summed E-state index contributed by atoms with van der Waals surface area (Å²) in [6, 6.07) is 7.09. The lowest BCUT2D eigenvalue weighted by molar-refractivity contribution is -0.108. The maximum atomic E-state index is 12.4. The fourth-order valence-electron chi connectivity index (χ4n) is 1.85. The molecule has 22 heavy (non-hydrogen) atoms. The first kappa shape index (κ1) is 18.6. The number of thioether (sulfide) groups is 1. The average Bonchev–Trinajstić information content (AvgIpc) is 2.44. The van der Waals surface area contributed by atoms with Gasteiger partial charge in [-0.15, -0.1) is 0 Å². The fourth-order valence-corrected chi connectivity index (χ4v) is 2.48. The van der Waals surface area contributed by atoms with Gasteiger partial charge in [-0.25, -0.2) is 4.79 Å². The minimum absolute atomic E-state index is 0.511. The molecule has 0 N–H and O–H groups in total. The normalized spacial score (nSPS) is 12.6. The van der Waals surface area contributed by atoms with Crippen LogP contribution in [-0.2, 0) is 15.3 Å². The van der Waals surface area contributed by atoms with E-state index in [9.17, 15) is 9.59 Å². The summed E-state index contributed by atoms with van der Waals surface area (Å²) in [5.74, 6) is 2.00. The van der Waals surface area contributed by atoms with E-state index >= 15 is 0 Å². The zero-order valence-corrected chi connectivity index (χ0v) is 14.8. The SMILES string of the molecule is CCSCc1ccc(N(C(=O)OC(C)(C)C)[C@@H](C)C=O)cc1. The molecule has 1 atom stereocenters. The fraction of sp³-hybridized carbons (Fsp3) is 0.529. The summed E-state index contributed by atoms with van der Waals surface area (Å²) in [5, 5.41) is 0. The van der Waals surface area contributed by atoms with Crippen LogP contribution in [-0.4, -0.2) is 29.8 Å². The van der Waals surface area contributed by atoms with Crippen LogP contribution >= 0.6 is 11.8 Å². The van der Waals surface area contributed by atoms with Crippen molar-refractivity contribution in [1.29, 1.82) is 0 Å². The maximum Gasteiger partial charge on any atom is 0.415 e. The number of anilines is 1. The smallest absolute Gasteiger partial charge is 0.415 e. The molecule has 0 aliphatic rings. The molecular formula is C17H25NO3S. The molecule has 0 aliphatic carbocycles. The molecule has 122 valence electrons. The van der Waals surface area contributed by atoms with Gasteiger partial charge in [0.1, 0.15) is 11.9 Å². The summed E-state index contributed by atoms with van der Waals surface area (Å²) < 4.78 is 5.40. The molecule has 0 bridgehead atoms. The van der Waals surface area contributed by atoms with Crippen LogP contribution in [0.1, 0.15) is 40.2 Å². The Morgan fingerprint density at radius 3 is 2.36 bits per heavy atom. The molecule has 1 aromatic rings. The molecule has 5 heteroatoms. The van der Waals surface area contributed by atoms with Gasteiger partial charge in [-0.05, 0) is 51.1 Å². The second-order valence-electron chi connectivity index (χ2n) is 6.03. The standard InChI is InChI=1S/C17H25NO3S/c1-6-22-12-14-7-9-15(10-8-14)18(13(2)11-19)16(20)21-17(3,4)5/h7-11,13H,6,12H2,1-5H3/t13-/m0/s1. The summed E-state index contributed by atoms with van der Waals surface area (Å²) in [4.78, 5) is 24.9. The molecule has 0 fully saturated rings. The summed E-state index contributed by atoms with van der Waals surface area (Å²) in [6.07, 6.45) is 0.230. The van der Waals surface area contributed by atoms with Crippen molar-refractivity contribution in [2.45, 2.75) is 52.0 Å². The molecule has 0 aliphatic heterocycles. The van der Waals surface area contributed by atoms with E-state index in [1.54, 1.807) is 27.7 Å². The molecule has 1 amide bonds. The van der Waals surface area contributed by atoms with Crippen molar-refractivity contribution < 1.29 is 14.3 Å². The van der Waals surface area contributed by atoms with Crippen LogP contribution < -0.4 is 4.90 Å². The number of benzene rings is 1. The number of carbonyl (C=O) groups excluding carboxylic acids is 2. The van der Waals surface area contributed by atoms with Crippen molar-refractivity contribution in [2.24, 2.45) is 0 Å². The van der Waals surface area contributed by atoms with Gasteiger partial charge in [0.2, 0.25) is 0 Å². The minimum Gasteiger partial charge on any atom is -0.443 e. The molecule has 0 heterocycles. The highest BCUT2D eigenvalue weighted by atomic mass is 32.2. The monoisotopic (exact) mass is 323 g/mol. The van der Waals surface area contributed by atoms with E-state index in [2.05, 4.69) is 6.92 Å². The van der Waals surface area contributed by atoms with Crippen LogP contribution in [0.2, 0.25) is 0 Å². The van der Waals surface area contributed by atoms with Gasteiger partial charge in [-0.2, -0.15) is 11.8 Å². The largest absolute Gasteiger partial charge is 0.443 e. The third-order valence-electron chi connectivity index (χ3n) is 2.88. The predicted molar refractivity (Wildman–Crippen MR) is 92.5 cm³/mol. The van der Waals surface area contributed by atoms with Crippen LogP contribution in [0.4, 0.5) is 10.5 Å². The van der Waals surface area contributed by atoms with Crippen LogP contribution in [0.25, 0.3) is 0 Å². The van der Waals surface area contributed by atoms with E-state index in [0.717, 1.165) is 17.8 Å². The Bertz CT molecular complexity index is 494. The number of carbonyl (C=O) groups is 2. The number of aldehydes is 1. The lowest BCUT2D eigenvalue weighted by atomic mass is 10.2. The molecule has 0 aromatic heterocycles. The van der Waals surface area contributed by atoms with Gasteiger partial charge in [0.25, 0.3) is 0 Å². The third kappa shape index (κ3) is 5.72. The quantitative estimate of drug-likeness (QED) is 0.734. The first-order valence-electron chi connectivity index (χ1n) is 7.42. The average molecular weight is 323 g/mol. The van der Waals surface area contributed by atoms with Gasteiger partial charge >= 0.3 is 6.09 Å². The van der Waals surface area contributed by atoms with Gasteiger partial charge in [-0.3, -0.25) is 4.90 Å². The summed E-state index contributed by atoms with van der Waals surface area (Å²) in [5.41, 5.74) is 1.26. The van der Waals surface area contributed by atoms with Crippen molar-refractivity contribution in [2.75, 3.05) is 10.7 Å². The van der Waals surface area contributed by atoms with Crippen LogP contribution in [0.15, 0.2) is 24.3 Å². The summed E-state index contributed by atoms with van der Waals surface area (Å²) in [7, 11) is 0. The van der Waals surface area contributed by atoms with Crippen LogP contribution in [0.5, 0.6) is 0 Å². The molecule has 0 unspecified atom stereocenters. The van der Waals surface area contributed by atoms with Gasteiger partial charge in [0.15, 0.2) is 0 Å². The predicted octanol–water partition coefficient (Wildman–Crippen LogP) is 4.27. The topological polar surface area (TPSA) is 46.6 Å². The number of nitrogens with zero attached hydrogens (tertiary/aromatic N) is 1. The maximum absolute atomic E-state index is 12.4. The number of amides is 1. The summed E-state index contributed by atoms with van der Waals surface area (Å²) in [6.45, 7) is 9.21. The molecule has 0 radical (unpaired) electrons. The summed E-state index contributed by atoms with van der Waals surface area (Å²) >= 11 is 1.84. The van der Waals surface area contributed by atoms with Crippen molar-refractivity contribution in [1.82, 2.24) is 0 Å². The number of hydrogen-bond acceptors (Lipinski definition) is 4. The van der Waals surface area contributed by atoms with Crippen LogP contribution in [0.3, 0.4) is 0 Å². The van der Waals surface area contributed by atoms with Gasteiger partial charge in [-0.1, -0.05) is 19.1 Å². The lowest BCUT2D eigenvalue weighted by Crippen LogP contribution is -2.43. The molecule has 1 aromatic carbocycles. The first-order valence-corrected chi connectivity index (χ1v) is 8.58. The van der Waals surface area contributed by atoms with Crippen LogP contribution in [0, 0.1) is 0 Å². The van der Waals surface area contributed by atoms with E-state index in [1.165, 1.54) is 10.5 Å². The zero-order chi connectivity index (χ0) is 16.8. The highest BCUT2D eigenvalue weighted by Gasteiger charge is 2.27. The Kier molecular flexibility index (Phi) is 6.94. The van der Waals surface area contributed by atoms with Gasteiger partial charge < -0.3 is 9.53 Å². The van der Waals surface area contributed by atoms with Gasteiger partial charge in [0, 0.05) is 11.4 Å². The van der Waals surface area contributed by atoms with E-state index in [4.69, 9.17) is 4.74 Å². The van der Waals surface area contributed by atoms with Crippen molar-refractivity contribution in [3.8, 4) is 0 Å². The second kappa shape index (κ2) is 8.22. The number of hydrogen-bond donors (Lipinski definition) is 0. The lowest BCUT2D eigenvalue weighted by Gasteiger charge is -2.29. The zero-order valence-electron chi connectivity index (χ0n) is 14.0. The Morgan fingerprint density at radius 2 is 1.91 bits per heavy atom. The highest BCUT2D eigenvalue weighted by Crippen LogP contribution is 2.22. The van der Waals surface area contributed by atoms with Crippen molar-refractivity contribution in [3.05, 3.63) is 29.8 Å². The molecule has 0 spiro atoms. The van der Waals surface area contributed by atoms with E-state index in [0.29, 0.717) is 5.69 Å². The Morgan fingerprint density at radius 1 is 1.32 bits per heavy atom.